The van der Waals surface area contributed by atoms with E-state index in [0.29, 0.717) is 23.3 Å². The van der Waals surface area contributed by atoms with Crippen molar-refractivity contribution in [2.75, 3.05) is 5.32 Å². The molecule has 1 aliphatic rings. The van der Waals surface area contributed by atoms with Crippen LogP contribution in [0.2, 0.25) is 0 Å². The molecule has 2 atom stereocenters. The van der Waals surface area contributed by atoms with Gasteiger partial charge in [-0.3, -0.25) is 14.3 Å². The topological polar surface area (TPSA) is 69.2 Å². The highest BCUT2D eigenvalue weighted by Crippen LogP contribution is 2.47. The summed E-state index contributed by atoms with van der Waals surface area (Å²) >= 11 is 0. The van der Waals surface area contributed by atoms with E-state index >= 15 is 0 Å². The molecule has 28 heavy (non-hydrogen) atoms. The van der Waals surface area contributed by atoms with Crippen LogP contribution in [0.3, 0.4) is 0 Å². The Morgan fingerprint density at radius 2 is 1.93 bits per heavy atom. The van der Waals surface area contributed by atoms with Crippen LogP contribution in [0.4, 0.5) is 5.69 Å². The van der Waals surface area contributed by atoms with E-state index in [9.17, 15) is 9.59 Å². The molecule has 0 bridgehead atoms. The van der Waals surface area contributed by atoms with Gasteiger partial charge in [0.2, 0.25) is 5.91 Å². The Hall–Kier alpha value is -3.28. The predicted molar refractivity (Wildman–Crippen MR) is 109 cm³/mol. The van der Waals surface area contributed by atoms with Crippen LogP contribution in [0.15, 0.2) is 57.8 Å². The first kappa shape index (κ1) is 18.1. The standard InChI is InChI=1S/C22H23N3O3/c1-14-13-18(14)19-11-9-17(28-19)10-12-20(26)23-21-15(2)24(3)25(22(21)27)16-7-5-4-6-8-16/h4-12,14,18H,13H2,1-3H3,(H,23,26)/b12-10+/t14-,18-/m0/s1. The van der Waals surface area contributed by atoms with Crippen molar-refractivity contribution in [3.63, 3.8) is 0 Å². The summed E-state index contributed by atoms with van der Waals surface area (Å²) < 4.78 is 9.03. The van der Waals surface area contributed by atoms with E-state index in [4.69, 9.17) is 4.42 Å². The van der Waals surface area contributed by atoms with Gasteiger partial charge >= 0.3 is 0 Å². The van der Waals surface area contributed by atoms with Gasteiger partial charge in [0.15, 0.2) is 0 Å². The molecular formula is C22H23N3O3. The van der Waals surface area contributed by atoms with Gasteiger partial charge < -0.3 is 9.73 Å². The van der Waals surface area contributed by atoms with Gasteiger partial charge in [-0.1, -0.05) is 25.1 Å². The molecule has 0 saturated heterocycles. The molecule has 4 rings (SSSR count). The Morgan fingerprint density at radius 1 is 1.21 bits per heavy atom. The highest BCUT2D eigenvalue weighted by Gasteiger charge is 2.36. The molecule has 0 aliphatic heterocycles. The van der Waals surface area contributed by atoms with Crippen molar-refractivity contribution in [1.82, 2.24) is 9.36 Å². The molecule has 1 aliphatic carbocycles. The Bertz CT molecular complexity index is 1100. The molecule has 0 spiro atoms. The fourth-order valence-corrected chi connectivity index (χ4v) is 3.41. The monoisotopic (exact) mass is 377 g/mol. The molecule has 0 radical (unpaired) electrons. The zero-order chi connectivity index (χ0) is 19.8. The highest BCUT2D eigenvalue weighted by atomic mass is 16.3. The molecule has 3 aromatic rings. The Morgan fingerprint density at radius 3 is 2.61 bits per heavy atom. The second-order valence-electron chi connectivity index (χ2n) is 7.32. The number of carbonyl (C=O) groups is 1. The summed E-state index contributed by atoms with van der Waals surface area (Å²) in [7, 11) is 1.79. The number of aromatic nitrogens is 2. The predicted octanol–water partition coefficient (Wildman–Crippen LogP) is 3.85. The number of para-hydroxylation sites is 1. The van der Waals surface area contributed by atoms with Gasteiger partial charge in [0, 0.05) is 19.0 Å². The summed E-state index contributed by atoms with van der Waals surface area (Å²) in [6, 6.07) is 13.1. The molecule has 1 fully saturated rings. The van der Waals surface area contributed by atoms with Crippen LogP contribution >= 0.6 is 0 Å². The quantitative estimate of drug-likeness (QED) is 0.687. The number of hydrogen-bond acceptors (Lipinski definition) is 3. The zero-order valence-corrected chi connectivity index (χ0v) is 16.2. The number of amides is 1. The number of hydrogen-bond donors (Lipinski definition) is 1. The molecule has 1 N–H and O–H groups in total. The number of carbonyl (C=O) groups excluding carboxylic acids is 1. The number of furan rings is 1. The van der Waals surface area contributed by atoms with Crippen LogP contribution < -0.4 is 10.9 Å². The second kappa shape index (κ2) is 7.03. The van der Waals surface area contributed by atoms with E-state index in [2.05, 4.69) is 12.2 Å². The fourth-order valence-electron chi connectivity index (χ4n) is 3.41. The molecule has 2 aromatic heterocycles. The summed E-state index contributed by atoms with van der Waals surface area (Å²) in [5.41, 5.74) is 1.43. The Kier molecular flexibility index (Phi) is 4.55. The van der Waals surface area contributed by atoms with Gasteiger partial charge in [0.1, 0.15) is 17.2 Å². The van der Waals surface area contributed by atoms with Crippen molar-refractivity contribution >= 4 is 17.7 Å². The third-order valence-corrected chi connectivity index (χ3v) is 5.32. The van der Waals surface area contributed by atoms with Crippen LogP contribution in [-0.2, 0) is 11.8 Å². The summed E-state index contributed by atoms with van der Waals surface area (Å²) in [6.45, 7) is 4.00. The lowest BCUT2D eigenvalue weighted by molar-refractivity contribution is -0.111. The van der Waals surface area contributed by atoms with E-state index in [-0.39, 0.29) is 17.2 Å². The van der Waals surface area contributed by atoms with E-state index in [1.54, 1.807) is 24.7 Å². The van der Waals surface area contributed by atoms with Gasteiger partial charge in [0.25, 0.3) is 5.56 Å². The van der Waals surface area contributed by atoms with Gasteiger partial charge in [-0.05, 0) is 49.6 Å². The van der Waals surface area contributed by atoms with Crippen LogP contribution in [-0.4, -0.2) is 15.3 Å². The minimum Gasteiger partial charge on any atom is -0.461 e. The first-order chi connectivity index (χ1) is 13.5. The average Bonchev–Trinajstić information content (AvgIpc) is 3.16. The first-order valence-corrected chi connectivity index (χ1v) is 9.38. The van der Waals surface area contributed by atoms with Crippen molar-refractivity contribution in [1.29, 1.82) is 0 Å². The number of nitrogens with zero attached hydrogens (tertiary/aromatic N) is 2. The fraction of sp³-hybridized carbons (Fsp3) is 0.273. The van der Waals surface area contributed by atoms with E-state index < -0.39 is 0 Å². The molecule has 6 heteroatoms. The Labute approximate surface area is 163 Å². The van der Waals surface area contributed by atoms with Gasteiger partial charge in [-0.2, -0.15) is 0 Å². The lowest BCUT2D eigenvalue weighted by Gasteiger charge is -2.07. The van der Waals surface area contributed by atoms with Crippen LogP contribution in [0.5, 0.6) is 0 Å². The van der Waals surface area contributed by atoms with E-state index in [1.165, 1.54) is 10.8 Å². The molecule has 2 heterocycles. The maximum absolute atomic E-state index is 12.8. The van der Waals surface area contributed by atoms with Crippen molar-refractivity contribution in [2.45, 2.75) is 26.2 Å². The molecule has 1 aromatic carbocycles. The van der Waals surface area contributed by atoms with Crippen LogP contribution in [0.1, 0.15) is 36.5 Å². The number of rotatable bonds is 5. The minimum atomic E-state index is -0.372. The minimum absolute atomic E-state index is 0.268. The molecular weight excluding hydrogens is 354 g/mol. The largest absolute Gasteiger partial charge is 0.461 e. The number of anilines is 1. The number of benzene rings is 1. The molecule has 1 saturated carbocycles. The average molecular weight is 377 g/mol. The normalized spacial score (nSPS) is 18.5. The zero-order valence-electron chi connectivity index (χ0n) is 16.2. The molecule has 0 unspecified atom stereocenters. The summed E-state index contributed by atoms with van der Waals surface area (Å²) in [6.07, 6.45) is 4.16. The van der Waals surface area contributed by atoms with Crippen molar-refractivity contribution in [3.05, 3.63) is 76.1 Å². The number of nitrogens with one attached hydrogen (secondary N) is 1. The van der Waals surface area contributed by atoms with Crippen molar-refractivity contribution < 1.29 is 9.21 Å². The molecule has 144 valence electrons. The Balaban J connectivity index is 1.52. The smallest absolute Gasteiger partial charge is 0.295 e. The lowest BCUT2D eigenvalue weighted by atomic mass is 10.3. The van der Waals surface area contributed by atoms with E-state index in [1.807, 2.05) is 42.5 Å². The summed E-state index contributed by atoms with van der Waals surface area (Å²) in [5.74, 6) is 2.40. The van der Waals surface area contributed by atoms with Gasteiger partial charge in [-0.15, -0.1) is 0 Å². The third kappa shape index (κ3) is 3.33. The van der Waals surface area contributed by atoms with Crippen LogP contribution in [0, 0.1) is 12.8 Å². The first-order valence-electron chi connectivity index (χ1n) is 9.38. The second-order valence-corrected chi connectivity index (χ2v) is 7.32. The van der Waals surface area contributed by atoms with E-state index in [0.717, 1.165) is 17.9 Å². The highest BCUT2D eigenvalue weighted by molar-refractivity contribution is 6.02. The lowest BCUT2D eigenvalue weighted by Crippen LogP contribution is -2.22. The van der Waals surface area contributed by atoms with Gasteiger partial charge in [0.05, 0.1) is 11.4 Å². The van der Waals surface area contributed by atoms with Gasteiger partial charge in [-0.25, -0.2) is 4.68 Å². The maximum atomic E-state index is 12.8. The van der Waals surface area contributed by atoms with Crippen molar-refractivity contribution in [2.24, 2.45) is 13.0 Å². The summed E-state index contributed by atoms with van der Waals surface area (Å²) in [4.78, 5) is 25.2. The molecule has 6 nitrogen and oxygen atoms in total. The summed E-state index contributed by atoms with van der Waals surface area (Å²) in [5, 5.41) is 2.71. The van der Waals surface area contributed by atoms with Crippen LogP contribution in [0.25, 0.3) is 11.8 Å². The SMILES string of the molecule is Cc1c(NC(=O)/C=C/c2ccc([C@H]3C[C@@H]3C)o2)c(=O)n(-c2ccccc2)n1C. The molecule has 1 amide bonds. The third-order valence-electron chi connectivity index (χ3n) is 5.32. The van der Waals surface area contributed by atoms with Crippen molar-refractivity contribution in [3.8, 4) is 5.69 Å². The maximum Gasteiger partial charge on any atom is 0.295 e.